The monoisotopic (exact) mass is 320 g/mol. The maximum absolute atomic E-state index is 13.2. The second-order valence-electron chi connectivity index (χ2n) is 4.62. The van der Waals surface area contributed by atoms with Crippen LogP contribution in [-0.4, -0.2) is 12.5 Å². The lowest BCUT2D eigenvalue weighted by Crippen LogP contribution is -2.25. The fourth-order valence-corrected chi connectivity index (χ4v) is 3.82. The molecule has 0 saturated heterocycles. The highest BCUT2D eigenvalue weighted by Crippen LogP contribution is 2.33. The maximum Gasteiger partial charge on any atom is 0.263 e. The number of amides is 1. The standard InChI is InChI=1S/C15H13FN2OS2/c16-10-1-2-12-11(7-10)13(17)14(21-12)15(19)18-5-3-9-4-6-20-8-9/h1-2,4,6-8H,3,5,17H2,(H,18,19). The van der Waals surface area contributed by atoms with Crippen molar-refractivity contribution in [2.75, 3.05) is 12.3 Å². The first-order valence-corrected chi connectivity index (χ1v) is 8.18. The Kier molecular flexibility index (Phi) is 3.90. The third-order valence-electron chi connectivity index (χ3n) is 3.17. The fourth-order valence-electron chi connectivity index (χ4n) is 2.09. The number of nitrogens with two attached hydrogens (primary N) is 1. The van der Waals surface area contributed by atoms with Gasteiger partial charge >= 0.3 is 0 Å². The summed E-state index contributed by atoms with van der Waals surface area (Å²) < 4.78 is 14.1. The molecule has 1 amide bonds. The molecule has 1 aromatic carbocycles. The molecule has 21 heavy (non-hydrogen) atoms. The molecular weight excluding hydrogens is 307 g/mol. The fraction of sp³-hybridized carbons (Fsp3) is 0.133. The highest BCUT2D eigenvalue weighted by Gasteiger charge is 2.16. The summed E-state index contributed by atoms with van der Waals surface area (Å²) in [7, 11) is 0. The molecule has 0 atom stereocenters. The number of thiophene rings is 2. The van der Waals surface area contributed by atoms with Gasteiger partial charge in [-0.05, 0) is 47.0 Å². The van der Waals surface area contributed by atoms with Crippen LogP contribution >= 0.6 is 22.7 Å². The van der Waals surface area contributed by atoms with Gasteiger partial charge in [0.25, 0.3) is 5.91 Å². The molecule has 0 spiro atoms. The van der Waals surface area contributed by atoms with E-state index in [1.54, 1.807) is 17.4 Å². The number of fused-ring (bicyclic) bond motifs is 1. The predicted molar refractivity (Wildman–Crippen MR) is 86.6 cm³/mol. The van der Waals surface area contributed by atoms with Crippen molar-refractivity contribution in [3.05, 3.63) is 51.3 Å². The van der Waals surface area contributed by atoms with Crippen molar-refractivity contribution in [3.63, 3.8) is 0 Å². The smallest absolute Gasteiger partial charge is 0.263 e. The molecule has 3 nitrogen and oxygen atoms in total. The lowest BCUT2D eigenvalue weighted by Gasteiger charge is -2.03. The number of benzene rings is 1. The summed E-state index contributed by atoms with van der Waals surface area (Å²) in [6.07, 6.45) is 0.786. The largest absolute Gasteiger partial charge is 0.397 e. The van der Waals surface area contributed by atoms with Crippen LogP contribution in [0.25, 0.3) is 10.1 Å². The summed E-state index contributed by atoms with van der Waals surface area (Å²) in [4.78, 5) is 12.6. The minimum Gasteiger partial charge on any atom is -0.397 e. The molecule has 2 aromatic heterocycles. The van der Waals surface area contributed by atoms with Crippen LogP contribution in [0, 0.1) is 5.82 Å². The molecule has 3 aromatic rings. The molecule has 2 heterocycles. The van der Waals surface area contributed by atoms with Crippen molar-refractivity contribution in [3.8, 4) is 0 Å². The summed E-state index contributed by atoms with van der Waals surface area (Å²) >= 11 is 2.92. The van der Waals surface area contributed by atoms with Crippen molar-refractivity contribution in [1.29, 1.82) is 0 Å². The maximum atomic E-state index is 13.2. The summed E-state index contributed by atoms with van der Waals surface area (Å²) in [5.41, 5.74) is 7.51. The van der Waals surface area contributed by atoms with Gasteiger partial charge in [0.1, 0.15) is 10.7 Å². The minimum absolute atomic E-state index is 0.204. The summed E-state index contributed by atoms with van der Waals surface area (Å²) in [5.74, 6) is -0.555. The van der Waals surface area contributed by atoms with E-state index in [4.69, 9.17) is 5.73 Å². The summed E-state index contributed by atoms with van der Waals surface area (Å²) in [6, 6.07) is 6.42. The van der Waals surface area contributed by atoms with Crippen LogP contribution in [0.2, 0.25) is 0 Å². The van der Waals surface area contributed by atoms with Crippen LogP contribution in [0.5, 0.6) is 0 Å². The third-order valence-corrected chi connectivity index (χ3v) is 5.09. The van der Waals surface area contributed by atoms with Gasteiger partial charge < -0.3 is 11.1 Å². The van der Waals surface area contributed by atoms with E-state index in [2.05, 4.69) is 10.7 Å². The van der Waals surface area contributed by atoms with Gasteiger partial charge in [0.05, 0.1) is 5.69 Å². The average Bonchev–Trinajstić information content (AvgIpc) is 3.08. The van der Waals surface area contributed by atoms with Crippen molar-refractivity contribution in [2.24, 2.45) is 0 Å². The molecule has 0 aliphatic heterocycles. The molecular formula is C15H13FN2OS2. The topological polar surface area (TPSA) is 55.1 Å². The van der Waals surface area contributed by atoms with E-state index < -0.39 is 0 Å². The highest BCUT2D eigenvalue weighted by molar-refractivity contribution is 7.21. The van der Waals surface area contributed by atoms with Gasteiger partial charge in [0.15, 0.2) is 0 Å². The molecule has 108 valence electrons. The normalized spacial score (nSPS) is 10.9. The van der Waals surface area contributed by atoms with E-state index >= 15 is 0 Å². The molecule has 0 aliphatic rings. The predicted octanol–water partition coefficient (Wildman–Crippen LogP) is 3.66. The van der Waals surface area contributed by atoms with Crippen LogP contribution in [0.4, 0.5) is 10.1 Å². The Hall–Kier alpha value is -1.92. The molecule has 0 saturated carbocycles. The summed E-state index contributed by atoms with van der Waals surface area (Å²) in [5, 5.41) is 7.52. The first-order chi connectivity index (χ1) is 10.1. The second-order valence-corrected chi connectivity index (χ2v) is 6.46. The lowest BCUT2D eigenvalue weighted by atomic mass is 10.2. The van der Waals surface area contributed by atoms with E-state index in [-0.39, 0.29) is 11.7 Å². The number of nitrogens with one attached hydrogen (secondary N) is 1. The first-order valence-electron chi connectivity index (χ1n) is 6.42. The number of nitrogen functional groups attached to an aromatic ring is 1. The molecule has 3 N–H and O–H groups in total. The van der Waals surface area contributed by atoms with Crippen LogP contribution in [0.15, 0.2) is 35.0 Å². The minimum atomic E-state index is -0.351. The summed E-state index contributed by atoms with van der Waals surface area (Å²) in [6.45, 7) is 0.553. The van der Waals surface area contributed by atoms with Crippen molar-refractivity contribution in [2.45, 2.75) is 6.42 Å². The van der Waals surface area contributed by atoms with Gasteiger partial charge in [-0.1, -0.05) is 0 Å². The van der Waals surface area contributed by atoms with Gasteiger partial charge in [0.2, 0.25) is 0 Å². The first kappa shape index (κ1) is 14.0. The van der Waals surface area contributed by atoms with Gasteiger partial charge in [-0.2, -0.15) is 11.3 Å². The zero-order chi connectivity index (χ0) is 14.8. The van der Waals surface area contributed by atoms with Crippen LogP contribution < -0.4 is 11.1 Å². The number of rotatable bonds is 4. The number of carbonyl (C=O) groups is 1. The zero-order valence-corrected chi connectivity index (χ0v) is 12.7. The van der Waals surface area contributed by atoms with E-state index in [0.29, 0.717) is 22.5 Å². The second kappa shape index (κ2) is 5.83. The molecule has 3 rings (SSSR count). The van der Waals surface area contributed by atoms with Gasteiger partial charge in [0, 0.05) is 16.6 Å². The Bertz CT molecular complexity index is 780. The number of halogens is 1. The van der Waals surface area contributed by atoms with E-state index in [1.807, 2.05) is 11.4 Å². The molecule has 0 fully saturated rings. The Labute approximate surface area is 129 Å². The molecule has 6 heteroatoms. The highest BCUT2D eigenvalue weighted by atomic mass is 32.1. The number of hydrogen-bond acceptors (Lipinski definition) is 4. The Morgan fingerprint density at radius 3 is 2.95 bits per heavy atom. The SMILES string of the molecule is Nc1c(C(=O)NCCc2ccsc2)sc2ccc(F)cc12. The Morgan fingerprint density at radius 2 is 2.19 bits per heavy atom. The lowest BCUT2D eigenvalue weighted by molar-refractivity contribution is 0.0959. The number of carbonyl (C=O) groups excluding carboxylic acids is 1. The van der Waals surface area contributed by atoms with E-state index in [1.165, 1.54) is 29.0 Å². The van der Waals surface area contributed by atoms with Crippen LogP contribution in [0.1, 0.15) is 15.2 Å². The molecule has 0 aliphatic carbocycles. The van der Waals surface area contributed by atoms with Crippen molar-refractivity contribution >= 4 is 44.4 Å². The van der Waals surface area contributed by atoms with E-state index in [0.717, 1.165) is 11.1 Å². The Balaban J connectivity index is 1.73. The van der Waals surface area contributed by atoms with Gasteiger partial charge in [-0.15, -0.1) is 11.3 Å². The van der Waals surface area contributed by atoms with Crippen LogP contribution in [-0.2, 0) is 6.42 Å². The van der Waals surface area contributed by atoms with Crippen LogP contribution in [0.3, 0.4) is 0 Å². The van der Waals surface area contributed by atoms with E-state index in [9.17, 15) is 9.18 Å². The quantitative estimate of drug-likeness (QED) is 0.771. The number of anilines is 1. The van der Waals surface area contributed by atoms with Crippen molar-refractivity contribution < 1.29 is 9.18 Å². The van der Waals surface area contributed by atoms with Crippen molar-refractivity contribution in [1.82, 2.24) is 5.32 Å². The van der Waals surface area contributed by atoms with Gasteiger partial charge in [-0.3, -0.25) is 4.79 Å². The third kappa shape index (κ3) is 2.91. The molecule has 0 radical (unpaired) electrons. The zero-order valence-electron chi connectivity index (χ0n) is 11.1. The Morgan fingerprint density at radius 1 is 1.33 bits per heavy atom. The number of hydrogen-bond donors (Lipinski definition) is 2. The molecule has 0 unspecified atom stereocenters. The average molecular weight is 320 g/mol. The van der Waals surface area contributed by atoms with Gasteiger partial charge in [-0.25, -0.2) is 4.39 Å². The molecule has 0 bridgehead atoms.